The molecule has 0 aliphatic rings. The van der Waals surface area contributed by atoms with E-state index in [9.17, 15) is 0 Å². The summed E-state index contributed by atoms with van der Waals surface area (Å²) in [7, 11) is 0. The molecule has 0 saturated carbocycles. The van der Waals surface area contributed by atoms with Crippen molar-refractivity contribution in [2.75, 3.05) is 0 Å². The van der Waals surface area contributed by atoms with E-state index in [1.54, 1.807) is 0 Å². The zero-order valence-electron chi connectivity index (χ0n) is 27.7. The Bertz CT molecular complexity index is 3190. The van der Waals surface area contributed by atoms with Gasteiger partial charge in [-0.2, -0.15) is 0 Å². The Morgan fingerprint density at radius 1 is 0.327 bits per heavy atom. The molecule has 0 amide bonds. The predicted octanol–water partition coefficient (Wildman–Crippen LogP) is 12.6. The summed E-state index contributed by atoms with van der Waals surface area (Å²) >= 11 is 0. The molecule has 8 aromatic carbocycles. The first-order valence-electron chi connectivity index (χ1n) is 17.4. The summed E-state index contributed by atoms with van der Waals surface area (Å²) < 4.78 is 13.0. The summed E-state index contributed by atoms with van der Waals surface area (Å²) in [6.07, 6.45) is 0. The van der Waals surface area contributed by atoms with E-state index in [1.165, 1.54) is 21.5 Å². The van der Waals surface area contributed by atoms with Gasteiger partial charge in [0.2, 0.25) is 0 Å². The zero-order valence-corrected chi connectivity index (χ0v) is 27.7. The van der Waals surface area contributed by atoms with Crippen LogP contribution < -0.4 is 0 Å². The van der Waals surface area contributed by atoms with Crippen LogP contribution in [0.15, 0.2) is 173 Å². The first-order valence-corrected chi connectivity index (χ1v) is 17.4. The van der Waals surface area contributed by atoms with E-state index in [0.717, 1.165) is 71.7 Å². The van der Waals surface area contributed by atoms with E-state index < -0.39 is 0 Å². The lowest BCUT2D eigenvalue weighted by molar-refractivity contribution is 0.669. The normalized spacial score (nSPS) is 11.8. The fourth-order valence-corrected chi connectivity index (χ4v) is 7.71. The van der Waals surface area contributed by atoms with E-state index in [2.05, 4.69) is 91.0 Å². The third-order valence-corrected chi connectivity index (χ3v) is 10.1. The molecule has 0 fully saturated rings. The van der Waals surface area contributed by atoms with Crippen molar-refractivity contribution in [1.82, 2.24) is 15.0 Å². The molecule has 3 aromatic heterocycles. The zero-order chi connectivity index (χ0) is 34.2. The van der Waals surface area contributed by atoms with Gasteiger partial charge in [0.05, 0.1) is 0 Å². The standard InChI is InChI=1S/C47H27N3O2/c1-2-12-30(13-3-1)45-48-46(36-17-10-20-41-42(36)34-15-6-8-18-39(34)51-41)50-47(49-45)37-26-25-33(44-43(37)35-16-7-9-19-40(35)52-44)31-24-23-29-22-21-28-11-4-5-14-32(28)38(29)27-31/h1-27H. The topological polar surface area (TPSA) is 65.0 Å². The average molecular weight is 666 g/mol. The van der Waals surface area contributed by atoms with Crippen LogP contribution in [0.3, 0.4) is 0 Å². The van der Waals surface area contributed by atoms with Crippen LogP contribution >= 0.6 is 0 Å². The van der Waals surface area contributed by atoms with Crippen molar-refractivity contribution in [3.8, 4) is 45.3 Å². The molecule has 0 aliphatic carbocycles. The highest BCUT2D eigenvalue weighted by atomic mass is 16.3. The summed E-state index contributed by atoms with van der Waals surface area (Å²) in [5.41, 5.74) is 7.98. The molecule has 0 bridgehead atoms. The minimum Gasteiger partial charge on any atom is -0.456 e. The molecule has 0 unspecified atom stereocenters. The Morgan fingerprint density at radius 3 is 1.71 bits per heavy atom. The van der Waals surface area contributed by atoms with Crippen LogP contribution in [0.25, 0.3) is 111 Å². The molecule has 0 radical (unpaired) electrons. The Labute approximate surface area is 297 Å². The van der Waals surface area contributed by atoms with Crippen LogP contribution in [0.2, 0.25) is 0 Å². The molecule has 11 rings (SSSR count). The lowest BCUT2D eigenvalue weighted by atomic mass is 9.94. The Morgan fingerprint density at radius 2 is 0.904 bits per heavy atom. The SMILES string of the molecule is c1ccc(-c2nc(-c3cccc4oc5ccccc5c34)nc(-c3ccc(-c4ccc5ccc6ccccc6c5c4)c4oc5ccccc5c34)n2)cc1. The van der Waals surface area contributed by atoms with Crippen LogP contribution in [-0.4, -0.2) is 15.0 Å². The number of furan rings is 2. The molecular weight excluding hydrogens is 639 g/mol. The van der Waals surface area contributed by atoms with Crippen molar-refractivity contribution in [2.45, 2.75) is 0 Å². The van der Waals surface area contributed by atoms with Gasteiger partial charge in [-0.25, -0.2) is 15.0 Å². The third kappa shape index (κ3) is 4.39. The molecule has 242 valence electrons. The van der Waals surface area contributed by atoms with Crippen LogP contribution in [0, 0.1) is 0 Å². The molecule has 5 heteroatoms. The molecule has 5 nitrogen and oxygen atoms in total. The first kappa shape index (κ1) is 28.7. The van der Waals surface area contributed by atoms with Crippen molar-refractivity contribution in [1.29, 1.82) is 0 Å². The van der Waals surface area contributed by atoms with E-state index in [4.69, 9.17) is 23.8 Å². The molecule has 3 heterocycles. The van der Waals surface area contributed by atoms with Crippen molar-refractivity contribution >= 4 is 65.4 Å². The van der Waals surface area contributed by atoms with Crippen LogP contribution in [-0.2, 0) is 0 Å². The molecule has 0 N–H and O–H groups in total. The van der Waals surface area contributed by atoms with Gasteiger partial charge >= 0.3 is 0 Å². The maximum absolute atomic E-state index is 6.74. The number of para-hydroxylation sites is 2. The quantitative estimate of drug-likeness (QED) is 0.175. The number of hydrogen-bond acceptors (Lipinski definition) is 5. The van der Waals surface area contributed by atoms with Gasteiger partial charge in [0.1, 0.15) is 22.3 Å². The number of hydrogen-bond donors (Lipinski definition) is 0. The van der Waals surface area contributed by atoms with E-state index in [-0.39, 0.29) is 0 Å². The van der Waals surface area contributed by atoms with Gasteiger partial charge in [-0.3, -0.25) is 0 Å². The number of aromatic nitrogens is 3. The van der Waals surface area contributed by atoms with Gasteiger partial charge in [0.25, 0.3) is 0 Å². The lowest BCUT2D eigenvalue weighted by Crippen LogP contribution is -2.01. The Kier molecular flexibility index (Phi) is 6.18. The van der Waals surface area contributed by atoms with Crippen molar-refractivity contribution < 1.29 is 8.83 Å². The van der Waals surface area contributed by atoms with Gasteiger partial charge in [-0.1, -0.05) is 127 Å². The fourth-order valence-electron chi connectivity index (χ4n) is 7.71. The molecule has 0 aliphatic heterocycles. The van der Waals surface area contributed by atoms with Crippen molar-refractivity contribution in [3.05, 3.63) is 164 Å². The second kappa shape index (κ2) is 11.2. The largest absolute Gasteiger partial charge is 0.456 e. The fraction of sp³-hybridized carbons (Fsp3) is 0. The summed E-state index contributed by atoms with van der Waals surface area (Å²) in [6.45, 7) is 0. The monoisotopic (exact) mass is 665 g/mol. The van der Waals surface area contributed by atoms with Gasteiger partial charge in [-0.15, -0.1) is 0 Å². The smallest absolute Gasteiger partial charge is 0.164 e. The molecule has 0 atom stereocenters. The first-order chi connectivity index (χ1) is 25.8. The second-order valence-electron chi connectivity index (χ2n) is 13.1. The van der Waals surface area contributed by atoms with Gasteiger partial charge < -0.3 is 8.83 Å². The second-order valence-corrected chi connectivity index (χ2v) is 13.1. The lowest BCUT2D eigenvalue weighted by Gasteiger charge is -2.12. The van der Waals surface area contributed by atoms with Gasteiger partial charge in [0, 0.05) is 43.8 Å². The van der Waals surface area contributed by atoms with E-state index in [1.807, 2.05) is 72.8 Å². The van der Waals surface area contributed by atoms with Crippen molar-refractivity contribution in [2.24, 2.45) is 0 Å². The minimum absolute atomic E-state index is 0.571. The molecule has 52 heavy (non-hydrogen) atoms. The highest BCUT2D eigenvalue weighted by Gasteiger charge is 2.22. The summed E-state index contributed by atoms with van der Waals surface area (Å²) in [5, 5.41) is 8.83. The van der Waals surface area contributed by atoms with E-state index in [0.29, 0.717) is 17.5 Å². The number of rotatable bonds is 4. The highest BCUT2D eigenvalue weighted by Crippen LogP contribution is 2.43. The molecule has 0 saturated heterocycles. The van der Waals surface area contributed by atoms with Crippen LogP contribution in [0.1, 0.15) is 0 Å². The van der Waals surface area contributed by atoms with Crippen LogP contribution in [0.5, 0.6) is 0 Å². The maximum Gasteiger partial charge on any atom is 0.164 e. The van der Waals surface area contributed by atoms with E-state index >= 15 is 0 Å². The Hall–Kier alpha value is -7.11. The number of fused-ring (bicyclic) bond motifs is 9. The molecule has 0 spiro atoms. The molecule has 11 aromatic rings. The molecular formula is C47H27N3O2. The Balaban J connectivity index is 1.18. The van der Waals surface area contributed by atoms with Gasteiger partial charge in [0.15, 0.2) is 17.5 Å². The predicted molar refractivity (Wildman–Crippen MR) is 211 cm³/mol. The highest BCUT2D eigenvalue weighted by molar-refractivity contribution is 6.17. The van der Waals surface area contributed by atoms with Gasteiger partial charge in [-0.05, 0) is 63.5 Å². The maximum atomic E-state index is 6.74. The number of benzene rings is 8. The summed E-state index contributed by atoms with van der Waals surface area (Å²) in [6, 6.07) is 56.3. The average Bonchev–Trinajstić information content (AvgIpc) is 3.80. The summed E-state index contributed by atoms with van der Waals surface area (Å²) in [4.78, 5) is 15.5. The van der Waals surface area contributed by atoms with Crippen molar-refractivity contribution in [3.63, 3.8) is 0 Å². The summed E-state index contributed by atoms with van der Waals surface area (Å²) in [5.74, 6) is 1.74. The number of nitrogens with zero attached hydrogens (tertiary/aromatic N) is 3. The minimum atomic E-state index is 0.571. The van der Waals surface area contributed by atoms with Crippen LogP contribution in [0.4, 0.5) is 0 Å². The third-order valence-electron chi connectivity index (χ3n) is 10.1.